The highest BCUT2D eigenvalue weighted by Crippen LogP contribution is 2.26. The topological polar surface area (TPSA) is 29.9 Å². The standard InChI is InChI=1S/C13H23N3/c1-2-16-11-13(10-15-16)9-14-8-7-12-5-3-4-6-12/h10-12,14H,2-9H2,1H3. The Balaban J connectivity index is 1.60. The highest BCUT2D eigenvalue weighted by Gasteiger charge is 2.13. The maximum Gasteiger partial charge on any atom is 0.0534 e. The van der Waals surface area contributed by atoms with Gasteiger partial charge >= 0.3 is 0 Å². The maximum atomic E-state index is 4.27. The average molecular weight is 221 g/mol. The molecule has 1 fully saturated rings. The van der Waals surface area contributed by atoms with Crippen LogP contribution in [0.25, 0.3) is 0 Å². The molecule has 0 aromatic carbocycles. The number of rotatable bonds is 6. The Kier molecular flexibility index (Phi) is 4.40. The number of aryl methyl sites for hydroxylation is 1. The lowest BCUT2D eigenvalue weighted by Gasteiger charge is -2.08. The Bertz CT molecular complexity index is 300. The summed E-state index contributed by atoms with van der Waals surface area (Å²) in [6.07, 6.45) is 11.3. The van der Waals surface area contributed by atoms with Crippen molar-refractivity contribution in [3.05, 3.63) is 18.0 Å². The molecule has 1 saturated carbocycles. The van der Waals surface area contributed by atoms with Gasteiger partial charge in [-0.05, 0) is 25.8 Å². The van der Waals surface area contributed by atoms with Crippen LogP contribution in [-0.2, 0) is 13.1 Å². The Morgan fingerprint density at radius 1 is 1.44 bits per heavy atom. The number of nitrogens with one attached hydrogen (secondary N) is 1. The van der Waals surface area contributed by atoms with Crippen LogP contribution < -0.4 is 5.32 Å². The van der Waals surface area contributed by atoms with Crippen molar-refractivity contribution >= 4 is 0 Å². The van der Waals surface area contributed by atoms with Crippen molar-refractivity contribution in [3.63, 3.8) is 0 Å². The van der Waals surface area contributed by atoms with E-state index in [0.717, 1.165) is 25.6 Å². The minimum atomic E-state index is 0.960. The van der Waals surface area contributed by atoms with Gasteiger partial charge in [0.15, 0.2) is 0 Å². The van der Waals surface area contributed by atoms with Crippen LogP contribution in [0.1, 0.15) is 44.6 Å². The molecule has 1 N–H and O–H groups in total. The Hall–Kier alpha value is -0.830. The second-order valence-electron chi connectivity index (χ2n) is 4.82. The van der Waals surface area contributed by atoms with Crippen molar-refractivity contribution in [2.45, 2.75) is 52.1 Å². The van der Waals surface area contributed by atoms with Crippen LogP contribution in [0.2, 0.25) is 0 Å². The number of nitrogens with zero attached hydrogens (tertiary/aromatic N) is 2. The van der Waals surface area contributed by atoms with Gasteiger partial charge in [-0.15, -0.1) is 0 Å². The number of hydrogen-bond acceptors (Lipinski definition) is 2. The van der Waals surface area contributed by atoms with Gasteiger partial charge in [-0.3, -0.25) is 4.68 Å². The maximum absolute atomic E-state index is 4.27. The van der Waals surface area contributed by atoms with Gasteiger partial charge in [0.05, 0.1) is 6.20 Å². The van der Waals surface area contributed by atoms with Gasteiger partial charge in [-0.1, -0.05) is 25.7 Å². The van der Waals surface area contributed by atoms with E-state index in [0.29, 0.717) is 0 Å². The van der Waals surface area contributed by atoms with Crippen LogP contribution in [0.15, 0.2) is 12.4 Å². The van der Waals surface area contributed by atoms with Gasteiger partial charge < -0.3 is 5.32 Å². The Labute approximate surface area is 98.2 Å². The molecule has 0 bridgehead atoms. The minimum absolute atomic E-state index is 0.960. The molecule has 1 aromatic heterocycles. The fraction of sp³-hybridized carbons (Fsp3) is 0.769. The minimum Gasteiger partial charge on any atom is -0.313 e. The summed E-state index contributed by atoms with van der Waals surface area (Å²) < 4.78 is 1.98. The van der Waals surface area contributed by atoms with E-state index < -0.39 is 0 Å². The van der Waals surface area contributed by atoms with Gasteiger partial charge in [0.25, 0.3) is 0 Å². The summed E-state index contributed by atoms with van der Waals surface area (Å²) in [6.45, 7) is 5.20. The molecule has 0 aliphatic heterocycles. The van der Waals surface area contributed by atoms with Crippen molar-refractivity contribution in [3.8, 4) is 0 Å². The van der Waals surface area contributed by atoms with Crippen molar-refractivity contribution in [1.82, 2.24) is 15.1 Å². The summed E-state index contributed by atoms with van der Waals surface area (Å²) in [7, 11) is 0. The van der Waals surface area contributed by atoms with E-state index in [-0.39, 0.29) is 0 Å². The predicted octanol–water partition coefficient (Wildman–Crippen LogP) is 2.57. The van der Waals surface area contributed by atoms with Gasteiger partial charge in [0.1, 0.15) is 0 Å². The van der Waals surface area contributed by atoms with E-state index >= 15 is 0 Å². The largest absolute Gasteiger partial charge is 0.313 e. The van der Waals surface area contributed by atoms with Crippen LogP contribution in [0.3, 0.4) is 0 Å². The van der Waals surface area contributed by atoms with E-state index in [1.54, 1.807) is 0 Å². The molecule has 0 saturated heterocycles. The van der Waals surface area contributed by atoms with E-state index in [1.807, 2.05) is 10.9 Å². The third-order valence-corrected chi connectivity index (χ3v) is 3.54. The molecule has 1 aliphatic carbocycles. The first-order valence-corrected chi connectivity index (χ1v) is 6.60. The average Bonchev–Trinajstić information content (AvgIpc) is 2.95. The quantitative estimate of drug-likeness (QED) is 0.748. The molecule has 16 heavy (non-hydrogen) atoms. The third kappa shape index (κ3) is 3.34. The van der Waals surface area contributed by atoms with Crippen molar-refractivity contribution < 1.29 is 0 Å². The molecule has 1 aromatic rings. The van der Waals surface area contributed by atoms with Crippen LogP contribution in [0.4, 0.5) is 0 Å². The van der Waals surface area contributed by atoms with Gasteiger partial charge in [-0.25, -0.2) is 0 Å². The molecule has 0 unspecified atom stereocenters. The molecule has 1 heterocycles. The molecule has 3 heteroatoms. The highest BCUT2D eigenvalue weighted by molar-refractivity contribution is 5.02. The van der Waals surface area contributed by atoms with Crippen LogP contribution in [0, 0.1) is 5.92 Å². The molecular weight excluding hydrogens is 198 g/mol. The summed E-state index contributed by atoms with van der Waals surface area (Å²) >= 11 is 0. The van der Waals surface area contributed by atoms with E-state index in [1.165, 1.54) is 37.7 Å². The van der Waals surface area contributed by atoms with Crippen LogP contribution in [-0.4, -0.2) is 16.3 Å². The SMILES string of the molecule is CCn1cc(CNCCC2CCCC2)cn1. The molecule has 0 radical (unpaired) electrons. The third-order valence-electron chi connectivity index (χ3n) is 3.54. The van der Waals surface area contributed by atoms with E-state index in [9.17, 15) is 0 Å². The normalized spacial score (nSPS) is 17.1. The van der Waals surface area contributed by atoms with Crippen molar-refractivity contribution in [1.29, 1.82) is 0 Å². The fourth-order valence-corrected chi connectivity index (χ4v) is 2.51. The Morgan fingerprint density at radius 3 is 2.94 bits per heavy atom. The molecule has 0 atom stereocenters. The lowest BCUT2D eigenvalue weighted by atomic mass is 10.0. The predicted molar refractivity (Wildman–Crippen MR) is 66.2 cm³/mol. The van der Waals surface area contributed by atoms with Crippen LogP contribution in [0.5, 0.6) is 0 Å². The van der Waals surface area contributed by atoms with Crippen molar-refractivity contribution in [2.24, 2.45) is 5.92 Å². The van der Waals surface area contributed by atoms with Gasteiger partial charge in [0, 0.05) is 24.8 Å². The fourth-order valence-electron chi connectivity index (χ4n) is 2.51. The molecule has 90 valence electrons. The highest BCUT2D eigenvalue weighted by atomic mass is 15.3. The first-order valence-electron chi connectivity index (χ1n) is 6.60. The lowest BCUT2D eigenvalue weighted by molar-refractivity contribution is 0.477. The zero-order valence-corrected chi connectivity index (χ0v) is 10.3. The Morgan fingerprint density at radius 2 is 2.25 bits per heavy atom. The number of hydrogen-bond donors (Lipinski definition) is 1. The summed E-state index contributed by atoms with van der Waals surface area (Å²) in [6, 6.07) is 0. The van der Waals surface area contributed by atoms with Crippen molar-refractivity contribution in [2.75, 3.05) is 6.54 Å². The monoisotopic (exact) mass is 221 g/mol. The molecule has 2 rings (SSSR count). The summed E-state index contributed by atoms with van der Waals surface area (Å²) in [4.78, 5) is 0. The van der Waals surface area contributed by atoms with Gasteiger partial charge in [0.2, 0.25) is 0 Å². The summed E-state index contributed by atoms with van der Waals surface area (Å²) in [5.41, 5.74) is 1.30. The second kappa shape index (κ2) is 6.04. The van der Waals surface area contributed by atoms with Gasteiger partial charge in [-0.2, -0.15) is 5.10 Å². The zero-order chi connectivity index (χ0) is 11.2. The first kappa shape index (κ1) is 11.6. The zero-order valence-electron chi connectivity index (χ0n) is 10.3. The smallest absolute Gasteiger partial charge is 0.0534 e. The molecule has 0 spiro atoms. The second-order valence-corrected chi connectivity index (χ2v) is 4.82. The lowest BCUT2D eigenvalue weighted by Crippen LogP contribution is -2.16. The van der Waals surface area contributed by atoms with E-state index in [2.05, 4.69) is 23.5 Å². The molecular formula is C13H23N3. The van der Waals surface area contributed by atoms with E-state index in [4.69, 9.17) is 0 Å². The van der Waals surface area contributed by atoms with Crippen LogP contribution >= 0.6 is 0 Å². The summed E-state index contributed by atoms with van der Waals surface area (Å²) in [5, 5.41) is 7.78. The molecule has 0 amide bonds. The summed E-state index contributed by atoms with van der Waals surface area (Å²) in [5.74, 6) is 0.992. The molecule has 1 aliphatic rings. The number of aromatic nitrogens is 2. The molecule has 3 nitrogen and oxygen atoms in total. The first-order chi connectivity index (χ1) is 7.88.